The van der Waals surface area contributed by atoms with E-state index in [-0.39, 0.29) is 0 Å². The Morgan fingerprint density at radius 1 is 1.35 bits per heavy atom. The van der Waals surface area contributed by atoms with E-state index in [0.717, 1.165) is 12.0 Å². The smallest absolute Gasteiger partial charge is 0.407 e. The SMILES string of the molecule is Cn1c2c(c3ccccc31)CN(C(=O)O)CC2. The van der Waals surface area contributed by atoms with Gasteiger partial charge in [0.05, 0.1) is 6.54 Å². The summed E-state index contributed by atoms with van der Waals surface area (Å²) in [6.45, 7) is 1.10. The summed E-state index contributed by atoms with van der Waals surface area (Å²) in [5.41, 5.74) is 3.62. The van der Waals surface area contributed by atoms with Crippen LogP contribution in [-0.4, -0.2) is 27.2 Å². The van der Waals surface area contributed by atoms with Gasteiger partial charge in [0.2, 0.25) is 0 Å². The van der Waals surface area contributed by atoms with Crippen LogP contribution < -0.4 is 0 Å². The molecule has 0 saturated carbocycles. The Morgan fingerprint density at radius 2 is 2.12 bits per heavy atom. The van der Waals surface area contributed by atoms with E-state index in [9.17, 15) is 4.79 Å². The van der Waals surface area contributed by atoms with Crippen molar-refractivity contribution >= 4 is 17.0 Å². The number of benzene rings is 1. The number of aryl methyl sites for hydroxylation is 1. The van der Waals surface area contributed by atoms with Gasteiger partial charge in [-0.05, 0) is 6.07 Å². The lowest BCUT2D eigenvalue weighted by Crippen LogP contribution is -2.34. The summed E-state index contributed by atoms with van der Waals surface area (Å²) in [5, 5.41) is 10.2. The van der Waals surface area contributed by atoms with Crippen LogP contribution >= 0.6 is 0 Å². The van der Waals surface area contributed by atoms with Crippen LogP contribution in [-0.2, 0) is 20.0 Å². The Morgan fingerprint density at radius 3 is 2.88 bits per heavy atom. The van der Waals surface area contributed by atoms with Crippen molar-refractivity contribution < 1.29 is 9.90 Å². The summed E-state index contributed by atoms with van der Waals surface area (Å²) in [6, 6.07) is 8.17. The first-order valence-corrected chi connectivity index (χ1v) is 5.71. The summed E-state index contributed by atoms with van der Waals surface area (Å²) in [6.07, 6.45) is -0.0316. The number of nitrogens with zero attached hydrogens (tertiary/aromatic N) is 2. The highest BCUT2D eigenvalue weighted by Gasteiger charge is 2.24. The quantitative estimate of drug-likeness (QED) is 0.754. The zero-order valence-corrected chi connectivity index (χ0v) is 9.68. The average molecular weight is 230 g/mol. The van der Waals surface area contributed by atoms with Crippen molar-refractivity contribution in [3.63, 3.8) is 0 Å². The normalized spacial score (nSPS) is 15.0. The maximum absolute atomic E-state index is 11.0. The molecule has 1 N–H and O–H groups in total. The minimum absolute atomic E-state index is 0.506. The molecule has 2 heterocycles. The lowest BCUT2D eigenvalue weighted by atomic mass is 10.1. The van der Waals surface area contributed by atoms with Crippen LogP contribution in [0.4, 0.5) is 4.79 Å². The van der Waals surface area contributed by atoms with Gasteiger partial charge in [-0.2, -0.15) is 0 Å². The van der Waals surface area contributed by atoms with E-state index in [4.69, 9.17) is 5.11 Å². The second-order valence-electron chi connectivity index (χ2n) is 4.46. The van der Waals surface area contributed by atoms with Crippen LogP contribution in [0.3, 0.4) is 0 Å². The van der Waals surface area contributed by atoms with E-state index in [2.05, 4.69) is 23.7 Å². The Hall–Kier alpha value is -1.97. The number of para-hydroxylation sites is 1. The average Bonchev–Trinajstić information content (AvgIpc) is 2.64. The molecule has 0 fully saturated rings. The molecule has 0 atom stereocenters. The van der Waals surface area contributed by atoms with Crippen LogP contribution in [0.2, 0.25) is 0 Å². The van der Waals surface area contributed by atoms with Crippen LogP contribution in [0.25, 0.3) is 10.9 Å². The molecule has 1 aromatic carbocycles. The second kappa shape index (κ2) is 3.52. The minimum Gasteiger partial charge on any atom is -0.465 e. The first kappa shape index (κ1) is 10.2. The van der Waals surface area contributed by atoms with E-state index in [1.807, 2.05) is 12.1 Å². The molecule has 2 aromatic rings. The molecular weight excluding hydrogens is 216 g/mol. The van der Waals surface area contributed by atoms with Gasteiger partial charge in [0, 0.05) is 42.2 Å². The van der Waals surface area contributed by atoms with E-state index in [1.54, 1.807) is 0 Å². The van der Waals surface area contributed by atoms with Crippen molar-refractivity contribution in [3.05, 3.63) is 35.5 Å². The fraction of sp³-hybridized carbons (Fsp3) is 0.308. The number of hydrogen-bond acceptors (Lipinski definition) is 1. The molecule has 88 valence electrons. The van der Waals surface area contributed by atoms with Crippen LogP contribution in [0.5, 0.6) is 0 Å². The highest BCUT2D eigenvalue weighted by molar-refractivity contribution is 5.86. The van der Waals surface area contributed by atoms with Crippen LogP contribution in [0.1, 0.15) is 11.3 Å². The molecule has 1 aromatic heterocycles. The van der Waals surface area contributed by atoms with Crippen molar-refractivity contribution in [3.8, 4) is 0 Å². The van der Waals surface area contributed by atoms with Crippen molar-refractivity contribution in [1.29, 1.82) is 0 Å². The summed E-state index contributed by atoms with van der Waals surface area (Å²) in [7, 11) is 2.05. The molecule has 4 heteroatoms. The predicted octanol–water partition coefficient (Wildman–Crippen LogP) is 2.21. The molecule has 1 aliphatic heterocycles. The fourth-order valence-corrected chi connectivity index (χ4v) is 2.69. The zero-order valence-electron chi connectivity index (χ0n) is 9.68. The first-order chi connectivity index (χ1) is 8.18. The van der Waals surface area contributed by atoms with E-state index in [0.29, 0.717) is 13.1 Å². The Bertz CT molecular complexity index is 601. The number of amides is 1. The van der Waals surface area contributed by atoms with Gasteiger partial charge >= 0.3 is 6.09 Å². The maximum atomic E-state index is 11.0. The van der Waals surface area contributed by atoms with Gasteiger partial charge in [0.25, 0.3) is 0 Å². The van der Waals surface area contributed by atoms with Crippen molar-refractivity contribution in [1.82, 2.24) is 9.47 Å². The maximum Gasteiger partial charge on any atom is 0.407 e. The summed E-state index contributed by atoms with van der Waals surface area (Å²) in [5.74, 6) is 0. The molecular formula is C13H14N2O2. The Balaban J connectivity index is 2.18. The topological polar surface area (TPSA) is 45.5 Å². The molecule has 0 unspecified atom stereocenters. The van der Waals surface area contributed by atoms with E-state index >= 15 is 0 Å². The fourth-order valence-electron chi connectivity index (χ4n) is 2.69. The number of carbonyl (C=O) groups is 1. The third kappa shape index (κ3) is 1.40. The summed E-state index contributed by atoms with van der Waals surface area (Å²) < 4.78 is 2.18. The van der Waals surface area contributed by atoms with Crippen molar-refractivity contribution in [2.45, 2.75) is 13.0 Å². The molecule has 0 bridgehead atoms. The van der Waals surface area contributed by atoms with Gasteiger partial charge in [0.1, 0.15) is 0 Å². The molecule has 0 radical (unpaired) electrons. The molecule has 17 heavy (non-hydrogen) atoms. The third-order valence-electron chi connectivity index (χ3n) is 3.58. The third-order valence-corrected chi connectivity index (χ3v) is 3.58. The van der Waals surface area contributed by atoms with Gasteiger partial charge in [-0.1, -0.05) is 18.2 Å². The number of rotatable bonds is 0. The first-order valence-electron chi connectivity index (χ1n) is 5.71. The Labute approximate surface area is 99.1 Å². The highest BCUT2D eigenvalue weighted by atomic mass is 16.4. The number of aromatic nitrogens is 1. The molecule has 0 spiro atoms. The van der Waals surface area contributed by atoms with Crippen LogP contribution in [0.15, 0.2) is 24.3 Å². The number of fused-ring (bicyclic) bond motifs is 3. The monoisotopic (exact) mass is 230 g/mol. The molecule has 3 rings (SSSR count). The highest BCUT2D eigenvalue weighted by Crippen LogP contribution is 2.29. The van der Waals surface area contributed by atoms with Gasteiger partial charge in [0.15, 0.2) is 0 Å². The summed E-state index contributed by atoms with van der Waals surface area (Å²) >= 11 is 0. The molecule has 1 amide bonds. The Kier molecular flexibility index (Phi) is 2.11. The van der Waals surface area contributed by atoms with Gasteiger partial charge in [-0.3, -0.25) is 0 Å². The number of hydrogen-bond donors (Lipinski definition) is 1. The van der Waals surface area contributed by atoms with Crippen LogP contribution in [0, 0.1) is 0 Å². The molecule has 0 saturated heterocycles. The predicted molar refractivity (Wildman–Crippen MR) is 65.1 cm³/mol. The second-order valence-corrected chi connectivity index (χ2v) is 4.46. The lowest BCUT2D eigenvalue weighted by Gasteiger charge is -2.25. The summed E-state index contributed by atoms with van der Waals surface area (Å²) in [4.78, 5) is 12.5. The minimum atomic E-state index is -0.830. The van der Waals surface area contributed by atoms with Gasteiger partial charge in [-0.15, -0.1) is 0 Å². The van der Waals surface area contributed by atoms with E-state index in [1.165, 1.54) is 21.5 Å². The molecule has 4 nitrogen and oxygen atoms in total. The van der Waals surface area contributed by atoms with E-state index < -0.39 is 6.09 Å². The van der Waals surface area contributed by atoms with Crippen molar-refractivity contribution in [2.75, 3.05) is 6.54 Å². The van der Waals surface area contributed by atoms with Crippen molar-refractivity contribution in [2.24, 2.45) is 7.05 Å². The largest absolute Gasteiger partial charge is 0.465 e. The molecule has 0 aliphatic carbocycles. The standard InChI is InChI=1S/C13H14N2O2/c1-14-11-5-3-2-4-9(11)10-8-15(13(16)17)7-6-12(10)14/h2-5H,6-8H2,1H3,(H,16,17). The van der Waals surface area contributed by atoms with Gasteiger partial charge in [-0.25, -0.2) is 4.79 Å². The van der Waals surface area contributed by atoms with Gasteiger partial charge < -0.3 is 14.6 Å². The number of carboxylic acid groups (broad SMARTS) is 1. The molecule has 1 aliphatic rings. The lowest BCUT2D eigenvalue weighted by molar-refractivity contribution is 0.139. The zero-order chi connectivity index (χ0) is 12.0.